The number of pyridine rings is 1. The Hall–Kier alpha value is -2.72. The van der Waals surface area contributed by atoms with Gasteiger partial charge in [0, 0.05) is 54.7 Å². The second kappa shape index (κ2) is 9.39. The molecule has 2 aliphatic rings. The number of hydrogen-bond acceptors (Lipinski definition) is 6. The van der Waals surface area contributed by atoms with Crippen molar-refractivity contribution in [3.63, 3.8) is 0 Å². The first-order valence-electron chi connectivity index (χ1n) is 11.9. The van der Waals surface area contributed by atoms with Crippen molar-refractivity contribution in [1.29, 1.82) is 0 Å². The summed E-state index contributed by atoms with van der Waals surface area (Å²) < 4.78 is 5.99. The van der Waals surface area contributed by atoms with Crippen LogP contribution in [-0.4, -0.2) is 101 Å². The molecule has 4 heterocycles. The maximum atomic E-state index is 13.5. The van der Waals surface area contributed by atoms with Crippen molar-refractivity contribution in [2.24, 2.45) is 0 Å². The molecule has 0 saturated carbocycles. The third-order valence-electron chi connectivity index (χ3n) is 6.89. The van der Waals surface area contributed by atoms with Crippen LogP contribution in [0.3, 0.4) is 0 Å². The number of amides is 2. The molecule has 2 amide bonds. The molecule has 5 rings (SSSR count). The Bertz CT molecular complexity index is 1270. The summed E-state index contributed by atoms with van der Waals surface area (Å²) in [5, 5.41) is 5.46. The summed E-state index contributed by atoms with van der Waals surface area (Å²) in [4.78, 5) is 40.2. The average Bonchev–Trinajstić information content (AvgIpc) is 3.18. The Kier molecular flexibility index (Phi) is 6.43. The highest BCUT2D eigenvalue weighted by Crippen LogP contribution is 2.33. The number of benzene rings is 1. The molecule has 0 bridgehead atoms. The van der Waals surface area contributed by atoms with E-state index in [-0.39, 0.29) is 25.0 Å². The first-order chi connectivity index (χ1) is 16.7. The lowest BCUT2D eigenvalue weighted by molar-refractivity contribution is -0.150. The van der Waals surface area contributed by atoms with Crippen LogP contribution in [0.2, 0.25) is 5.02 Å². The molecule has 0 spiro atoms. The number of halogens is 1. The Labute approximate surface area is 209 Å². The molecular weight excluding hydrogens is 468 g/mol. The summed E-state index contributed by atoms with van der Waals surface area (Å²) in [6, 6.07) is 4.93. The fourth-order valence-electron chi connectivity index (χ4n) is 4.92. The van der Waals surface area contributed by atoms with Gasteiger partial charge in [0.05, 0.1) is 41.7 Å². The van der Waals surface area contributed by atoms with E-state index in [1.165, 1.54) is 0 Å². The minimum Gasteiger partial charge on any atom is -0.372 e. The molecule has 10 heteroatoms. The number of H-pyrrole nitrogens is 1. The number of piperazine rings is 1. The normalized spacial score (nSPS) is 21.5. The van der Waals surface area contributed by atoms with E-state index >= 15 is 0 Å². The van der Waals surface area contributed by atoms with Gasteiger partial charge in [0.1, 0.15) is 6.04 Å². The SMILES string of the molecule is CN1CCN(C(=O)CN2CC(C)(C)OCC2C(=O)Nc2cc(Cl)cc3c2[nH]c2cnccc23)CC1. The minimum absolute atomic E-state index is 0.0434. The molecule has 1 aromatic carbocycles. The third-order valence-corrected chi connectivity index (χ3v) is 7.10. The van der Waals surface area contributed by atoms with Crippen LogP contribution in [-0.2, 0) is 14.3 Å². The van der Waals surface area contributed by atoms with E-state index in [0.717, 1.165) is 34.9 Å². The molecule has 35 heavy (non-hydrogen) atoms. The molecule has 1 unspecified atom stereocenters. The number of anilines is 1. The molecule has 2 N–H and O–H groups in total. The average molecular weight is 499 g/mol. The van der Waals surface area contributed by atoms with Crippen molar-refractivity contribution >= 4 is 50.9 Å². The molecule has 2 aliphatic heterocycles. The first kappa shape index (κ1) is 24.0. The van der Waals surface area contributed by atoms with E-state index in [4.69, 9.17) is 16.3 Å². The van der Waals surface area contributed by atoms with E-state index in [2.05, 4.69) is 27.2 Å². The largest absolute Gasteiger partial charge is 0.372 e. The van der Waals surface area contributed by atoms with Gasteiger partial charge in [0.25, 0.3) is 0 Å². The van der Waals surface area contributed by atoms with Gasteiger partial charge in [-0.1, -0.05) is 11.6 Å². The van der Waals surface area contributed by atoms with Crippen molar-refractivity contribution in [1.82, 2.24) is 24.7 Å². The maximum absolute atomic E-state index is 13.5. The van der Waals surface area contributed by atoms with Crippen molar-refractivity contribution in [2.75, 3.05) is 58.2 Å². The van der Waals surface area contributed by atoms with E-state index in [1.54, 1.807) is 18.5 Å². The number of ether oxygens (including phenoxy) is 1. The van der Waals surface area contributed by atoms with Crippen LogP contribution in [0.4, 0.5) is 5.69 Å². The second-order valence-corrected chi connectivity index (χ2v) is 10.5. The number of nitrogens with zero attached hydrogens (tertiary/aromatic N) is 4. The number of nitrogens with one attached hydrogen (secondary N) is 2. The van der Waals surface area contributed by atoms with E-state index < -0.39 is 11.6 Å². The Balaban J connectivity index is 1.38. The van der Waals surface area contributed by atoms with E-state index in [9.17, 15) is 9.59 Å². The number of carbonyl (C=O) groups is 2. The Morgan fingerprint density at radius 2 is 2.00 bits per heavy atom. The van der Waals surface area contributed by atoms with Gasteiger partial charge in [0.15, 0.2) is 0 Å². The first-order valence-corrected chi connectivity index (χ1v) is 12.3. The van der Waals surface area contributed by atoms with Gasteiger partial charge < -0.3 is 24.8 Å². The van der Waals surface area contributed by atoms with E-state index in [0.29, 0.717) is 30.3 Å². The summed E-state index contributed by atoms with van der Waals surface area (Å²) in [5.74, 6) is -0.186. The number of hydrogen-bond donors (Lipinski definition) is 2. The van der Waals surface area contributed by atoms with Crippen LogP contribution in [0.15, 0.2) is 30.6 Å². The lowest BCUT2D eigenvalue weighted by Gasteiger charge is -2.43. The predicted octanol–water partition coefficient (Wildman–Crippen LogP) is 2.56. The quantitative estimate of drug-likeness (QED) is 0.574. The summed E-state index contributed by atoms with van der Waals surface area (Å²) in [5.41, 5.74) is 1.78. The second-order valence-electron chi connectivity index (χ2n) is 10.1. The monoisotopic (exact) mass is 498 g/mol. The third kappa shape index (κ3) is 4.99. The number of aromatic amines is 1. The molecule has 9 nitrogen and oxygen atoms in total. The molecule has 186 valence electrons. The Morgan fingerprint density at radius 1 is 1.23 bits per heavy atom. The molecule has 2 aromatic heterocycles. The zero-order valence-electron chi connectivity index (χ0n) is 20.3. The summed E-state index contributed by atoms with van der Waals surface area (Å²) in [6.45, 7) is 7.94. The zero-order chi connectivity index (χ0) is 24.7. The van der Waals surface area contributed by atoms with Crippen LogP contribution in [0, 0.1) is 0 Å². The minimum atomic E-state index is -0.598. The molecule has 0 aliphatic carbocycles. The van der Waals surface area contributed by atoms with Crippen LogP contribution in [0.1, 0.15) is 13.8 Å². The van der Waals surface area contributed by atoms with E-state index in [1.807, 2.05) is 35.8 Å². The van der Waals surface area contributed by atoms with Gasteiger partial charge >= 0.3 is 0 Å². The fourth-order valence-corrected chi connectivity index (χ4v) is 5.14. The van der Waals surface area contributed by atoms with Crippen molar-refractivity contribution in [3.05, 3.63) is 35.6 Å². The fraction of sp³-hybridized carbons (Fsp3) is 0.480. The summed E-state index contributed by atoms with van der Waals surface area (Å²) in [6.07, 6.45) is 3.47. The smallest absolute Gasteiger partial charge is 0.244 e. The number of carbonyl (C=O) groups excluding carboxylic acids is 2. The maximum Gasteiger partial charge on any atom is 0.244 e. The topological polar surface area (TPSA) is 93.8 Å². The summed E-state index contributed by atoms with van der Waals surface area (Å²) in [7, 11) is 2.06. The molecule has 3 aromatic rings. The summed E-state index contributed by atoms with van der Waals surface area (Å²) >= 11 is 6.41. The number of fused-ring (bicyclic) bond motifs is 3. The van der Waals surface area contributed by atoms with Gasteiger partial charge in [-0.25, -0.2) is 0 Å². The van der Waals surface area contributed by atoms with Gasteiger partial charge in [-0.05, 0) is 39.1 Å². The number of rotatable bonds is 4. The van der Waals surface area contributed by atoms with Gasteiger partial charge in [0.2, 0.25) is 11.8 Å². The zero-order valence-corrected chi connectivity index (χ0v) is 21.1. The Morgan fingerprint density at radius 3 is 2.77 bits per heavy atom. The van der Waals surface area contributed by atoms with Crippen LogP contribution in [0.25, 0.3) is 21.8 Å². The number of likely N-dealkylation sites (N-methyl/N-ethyl adjacent to an activating group) is 1. The molecule has 2 saturated heterocycles. The predicted molar refractivity (Wildman–Crippen MR) is 137 cm³/mol. The highest BCUT2D eigenvalue weighted by molar-refractivity contribution is 6.33. The van der Waals surface area contributed by atoms with Gasteiger partial charge in [-0.15, -0.1) is 0 Å². The van der Waals surface area contributed by atoms with Crippen molar-refractivity contribution in [2.45, 2.75) is 25.5 Å². The van der Waals surface area contributed by atoms with Gasteiger partial charge in [-0.2, -0.15) is 0 Å². The number of aromatic nitrogens is 2. The number of morpholine rings is 1. The van der Waals surface area contributed by atoms with Crippen molar-refractivity contribution < 1.29 is 14.3 Å². The molecule has 0 radical (unpaired) electrons. The standard InChI is InChI=1S/C25H31ClN6O3/c1-25(2)15-32(13-22(33)31-8-6-30(3)7-9-31)21(14-35-25)24(34)29-19-11-16(26)10-18-17-4-5-27-12-20(17)28-23(18)19/h4-5,10-12,21,28H,6-9,13-15H2,1-3H3,(H,29,34). The van der Waals surface area contributed by atoms with Gasteiger partial charge in [-0.3, -0.25) is 19.5 Å². The lowest BCUT2D eigenvalue weighted by atomic mass is 10.0. The van der Waals surface area contributed by atoms with Crippen molar-refractivity contribution in [3.8, 4) is 0 Å². The lowest BCUT2D eigenvalue weighted by Crippen LogP contribution is -2.60. The van der Waals surface area contributed by atoms with Crippen LogP contribution >= 0.6 is 11.6 Å². The highest BCUT2D eigenvalue weighted by Gasteiger charge is 2.39. The molecule has 1 atom stereocenters. The highest BCUT2D eigenvalue weighted by atomic mass is 35.5. The van der Waals surface area contributed by atoms with Crippen LogP contribution < -0.4 is 5.32 Å². The molecule has 2 fully saturated rings. The van der Waals surface area contributed by atoms with Crippen LogP contribution in [0.5, 0.6) is 0 Å². The molecular formula is C25H31ClN6O3.